The number of nitrogens with two attached hydrogens (primary N) is 1. The first-order chi connectivity index (χ1) is 9.65. The van der Waals surface area contributed by atoms with E-state index in [0.717, 1.165) is 36.2 Å². The predicted octanol–water partition coefficient (Wildman–Crippen LogP) is 3.70. The zero-order valence-electron chi connectivity index (χ0n) is 12.4. The number of rotatable bonds is 4. The standard InChI is InChI=1S/C17H24N2O/c1-3-17(2,19-10-6-7-11-19)16(18)15-12-13-8-4-5-9-14(13)20-15/h4-5,8-9,12,16H,3,6-7,10-11,18H2,1-2H3. The lowest BCUT2D eigenvalue weighted by atomic mass is 9.86. The molecule has 1 aliphatic rings. The summed E-state index contributed by atoms with van der Waals surface area (Å²) in [5, 5.41) is 1.14. The Morgan fingerprint density at radius 2 is 2.00 bits per heavy atom. The van der Waals surface area contributed by atoms with Gasteiger partial charge in [-0.2, -0.15) is 0 Å². The molecule has 0 aliphatic carbocycles. The quantitative estimate of drug-likeness (QED) is 0.923. The van der Waals surface area contributed by atoms with E-state index in [1.807, 2.05) is 18.2 Å². The van der Waals surface area contributed by atoms with Gasteiger partial charge in [0.25, 0.3) is 0 Å². The Morgan fingerprint density at radius 1 is 1.30 bits per heavy atom. The zero-order valence-corrected chi connectivity index (χ0v) is 12.4. The summed E-state index contributed by atoms with van der Waals surface area (Å²) in [7, 11) is 0. The number of hydrogen-bond acceptors (Lipinski definition) is 3. The van der Waals surface area contributed by atoms with Gasteiger partial charge in [0.15, 0.2) is 0 Å². The number of likely N-dealkylation sites (tertiary alicyclic amines) is 1. The molecular formula is C17H24N2O. The number of nitrogens with zero attached hydrogens (tertiary/aromatic N) is 1. The molecule has 1 saturated heterocycles. The molecule has 0 amide bonds. The molecule has 2 unspecified atom stereocenters. The van der Waals surface area contributed by atoms with E-state index < -0.39 is 0 Å². The maximum Gasteiger partial charge on any atom is 0.134 e. The molecule has 1 fully saturated rings. The Balaban J connectivity index is 1.94. The lowest BCUT2D eigenvalue weighted by molar-refractivity contribution is 0.0920. The first kappa shape index (κ1) is 13.7. The zero-order chi connectivity index (χ0) is 14.2. The van der Waals surface area contributed by atoms with E-state index in [2.05, 4.69) is 30.9 Å². The molecule has 2 heterocycles. The van der Waals surface area contributed by atoms with E-state index in [0.29, 0.717) is 0 Å². The van der Waals surface area contributed by atoms with Crippen LogP contribution in [0.3, 0.4) is 0 Å². The van der Waals surface area contributed by atoms with Crippen LogP contribution < -0.4 is 5.73 Å². The number of fused-ring (bicyclic) bond motifs is 1. The Morgan fingerprint density at radius 3 is 2.65 bits per heavy atom. The van der Waals surface area contributed by atoms with Crippen molar-refractivity contribution in [2.75, 3.05) is 13.1 Å². The van der Waals surface area contributed by atoms with Crippen LogP contribution in [0, 0.1) is 0 Å². The fourth-order valence-electron chi connectivity index (χ4n) is 3.33. The van der Waals surface area contributed by atoms with E-state index in [-0.39, 0.29) is 11.6 Å². The van der Waals surface area contributed by atoms with Gasteiger partial charge in [0.05, 0.1) is 6.04 Å². The molecule has 1 aliphatic heterocycles. The Labute approximate surface area is 120 Å². The van der Waals surface area contributed by atoms with Crippen LogP contribution in [0.5, 0.6) is 0 Å². The first-order valence-electron chi connectivity index (χ1n) is 7.64. The molecular weight excluding hydrogens is 248 g/mol. The summed E-state index contributed by atoms with van der Waals surface area (Å²) in [6.07, 6.45) is 3.59. The van der Waals surface area contributed by atoms with Gasteiger partial charge in [0.1, 0.15) is 11.3 Å². The average Bonchev–Trinajstić information content (AvgIpc) is 3.14. The fourth-order valence-corrected chi connectivity index (χ4v) is 3.33. The summed E-state index contributed by atoms with van der Waals surface area (Å²) in [6.45, 7) is 6.80. The van der Waals surface area contributed by atoms with Crippen LogP contribution in [-0.4, -0.2) is 23.5 Å². The smallest absolute Gasteiger partial charge is 0.134 e. The summed E-state index contributed by atoms with van der Waals surface area (Å²) in [4.78, 5) is 2.53. The highest BCUT2D eigenvalue weighted by Gasteiger charge is 2.39. The van der Waals surface area contributed by atoms with E-state index in [1.165, 1.54) is 12.8 Å². The molecule has 3 heteroatoms. The average molecular weight is 272 g/mol. The largest absolute Gasteiger partial charge is 0.459 e. The van der Waals surface area contributed by atoms with Gasteiger partial charge in [0.2, 0.25) is 0 Å². The number of benzene rings is 1. The number of hydrogen-bond donors (Lipinski definition) is 1. The Bertz CT molecular complexity index is 552. The second-order valence-corrected chi connectivity index (χ2v) is 6.07. The maximum atomic E-state index is 6.59. The van der Waals surface area contributed by atoms with Gasteiger partial charge in [-0.1, -0.05) is 25.1 Å². The molecule has 1 aromatic carbocycles. The molecule has 1 aromatic heterocycles. The van der Waals surface area contributed by atoms with Crippen molar-refractivity contribution < 1.29 is 4.42 Å². The van der Waals surface area contributed by atoms with Crippen LogP contribution in [0.2, 0.25) is 0 Å². The predicted molar refractivity (Wildman–Crippen MR) is 82.6 cm³/mol. The monoisotopic (exact) mass is 272 g/mol. The molecule has 3 rings (SSSR count). The minimum Gasteiger partial charge on any atom is -0.459 e. The van der Waals surface area contributed by atoms with Gasteiger partial charge in [0, 0.05) is 10.9 Å². The van der Waals surface area contributed by atoms with Gasteiger partial charge < -0.3 is 10.2 Å². The minimum absolute atomic E-state index is 0.0234. The Kier molecular flexibility index (Phi) is 3.57. The molecule has 3 nitrogen and oxygen atoms in total. The van der Waals surface area contributed by atoms with Crippen molar-refractivity contribution in [1.29, 1.82) is 0 Å². The van der Waals surface area contributed by atoms with Crippen molar-refractivity contribution in [3.8, 4) is 0 Å². The van der Waals surface area contributed by atoms with Crippen molar-refractivity contribution in [3.63, 3.8) is 0 Å². The number of furan rings is 1. The fraction of sp³-hybridized carbons (Fsp3) is 0.529. The third-order valence-electron chi connectivity index (χ3n) is 4.97. The maximum absolute atomic E-state index is 6.59. The lowest BCUT2D eigenvalue weighted by Gasteiger charge is -2.42. The molecule has 108 valence electrons. The van der Waals surface area contributed by atoms with Crippen LogP contribution in [0.15, 0.2) is 34.7 Å². The van der Waals surface area contributed by atoms with Crippen LogP contribution in [0.1, 0.15) is 44.9 Å². The van der Waals surface area contributed by atoms with Crippen molar-refractivity contribution >= 4 is 11.0 Å². The third-order valence-corrected chi connectivity index (χ3v) is 4.97. The van der Waals surface area contributed by atoms with E-state index in [9.17, 15) is 0 Å². The SMILES string of the molecule is CCC(C)(C(N)c1cc2ccccc2o1)N1CCCC1. The van der Waals surface area contributed by atoms with Crippen molar-refractivity contribution in [2.45, 2.75) is 44.7 Å². The first-order valence-corrected chi connectivity index (χ1v) is 7.64. The highest BCUT2D eigenvalue weighted by Crippen LogP contribution is 2.36. The molecule has 2 aromatic rings. The Hall–Kier alpha value is -1.32. The van der Waals surface area contributed by atoms with Crippen LogP contribution in [0.25, 0.3) is 11.0 Å². The second kappa shape index (κ2) is 5.23. The minimum atomic E-state index is -0.0852. The van der Waals surface area contributed by atoms with Crippen LogP contribution in [-0.2, 0) is 0 Å². The summed E-state index contributed by atoms with van der Waals surface area (Å²) in [5.41, 5.74) is 7.50. The second-order valence-electron chi connectivity index (χ2n) is 6.07. The van der Waals surface area contributed by atoms with Crippen molar-refractivity contribution in [3.05, 3.63) is 36.1 Å². The molecule has 0 bridgehead atoms. The summed E-state index contributed by atoms with van der Waals surface area (Å²) in [6, 6.07) is 10.1. The molecule has 0 radical (unpaired) electrons. The molecule has 0 saturated carbocycles. The molecule has 20 heavy (non-hydrogen) atoms. The van der Waals surface area contributed by atoms with Crippen molar-refractivity contribution in [2.24, 2.45) is 5.73 Å². The highest BCUT2D eigenvalue weighted by atomic mass is 16.3. The highest BCUT2D eigenvalue weighted by molar-refractivity contribution is 5.77. The molecule has 2 atom stereocenters. The van der Waals surface area contributed by atoms with Gasteiger partial charge in [-0.25, -0.2) is 0 Å². The van der Waals surface area contributed by atoms with E-state index in [1.54, 1.807) is 0 Å². The van der Waals surface area contributed by atoms with Crippen molar-refractivity contribution in [1.82, 2.24) is 4.90 Å². The van der Waals surface area contributed by atoms with Gasteiger partial charge in [-0.05, 0) is 51.4 Å². The molecule has 2 N–H and O–H groups in total. The van der Waals surface area contributed by atoms with Gasteiger partial charge >= 0.3 is 0 Å². The van der Waals surface area contributed by atoms with Gasteiger partial charge in [-0.3, -0.25) is 4.90 Å². The summed E-state index contributed by atoms with van der Waals surface area (Å²) >= 11 is 0. The number of para-hydroxylation sites is 1. The third kappa shape index (κ3) is 2.15. The van der Waals surface area contributed by atoms with E-state index in [4.69, 9.17) is 10.2 Å². The van der Waals surface area contributed by atoms with Gasteiger partial charge in [-0.15, -0.1) is 0 Å². The molecule has 0 spiro atoms. The normalized spacial score (nSPS) is 21.1. The summed E-state index contributed by atoms with van der Waals surface area (Å²) in [5.74, 6) is 0.905. The lowest BCUT2D eigenvalue weighted by Crippen LogP contribution is -2.51. The summed E-state index contributed by atoms with van der Waals surface area (Å²) < 4.78 is 5.99. The van der Waals surface area contributed by atoms with Crippen LogP contribution >= 0.6 is 0 Å². The van der Waals surface area contributed by atoms with Crippen LogP contribution in [0.4, 0.5) is 0 Å². The topological polar surface area (TPSA) is 42.4 Å². The van der Waals surface area contributed by atoms with E-state index >= 15 is 0 Å².